The molecule has 0 fully saturated rings. The lowest BCUT2D eigenvalue weighted by atomic mass is 10.1. The SMILES string of the molecule is CCN(c1ccccc1C)c1ccc(CBr)cc1[N+](=O)[O-]. The van der Waals surface area contributed by atoms with Crippen LogP contribution >= 0.6 is 15.9 Å². The Morgan fingerprint density at radius 2 is 1.90 bits per heavy atom. The van der Waals surface area contributed by atoms with Crippen molar-refractivity contribution < 1.29 is 4.92 Å². The van der Waals surface area contributed by atoms with Crippen LogP contribution in [0, 0.1) is 17.0 Å². The van der Waals surface area contributed by atoms with Crippen LogP contribution in [0.2, 0.25) is 0 Å². The second kappa shape index (κ2) is 6.72. The highest BCUT2D eigenvalue weighted by molar-refractivity contribution is 9.08. The first-order valence-electron chi connectivity index (χ1n) is 6.75. The summed E-state index contributed by atoms with van der Waals surface area (Å²) in [4.78, 5) is 13.1. The van der Waals surface area contributed by atoms with E-state index in [1.54, 1.807) is 6.07 Å². The van der Waals surface area contributed by atoms with Crippen molar-refractivity contribution in [2.75, 3.05) is 11.4 Å². The van der Waals surface area contributed by atoms with Gasteiger partial charge >= 0.3 is 0 Å². The van der Waals surface area contributed by atoms with Crippen molar-refractivity contribution in [2.24, 2.45) is 0 Å². The highest BCUT2D eigenvalue weighted by Crippen LogP contribution is 2.35. The largest absolute Gasteiger partial charge is 0.336 e. The number of aryl methyl sites for hydroxylation is 1. The van der Waals surface area contributed by atoms with Gasteiger partial charge in [0.15, 0.2) is 0 Å². The molecule has 0 heterocycles. The molecule has 0 aliphatic carbocycles. The highest BCUT2D eigenvalue weighted by Gasteiger charge is 2.21. The van der Waals surface area contributed by atoms with Gasteiger partial charge in [-0.25, -0.2) is 0 Å². The van der Waals surface area contributed by atoms with Crippen LogP contribution in [-0.4, -0.2) is 11.5 Å². The molecule has 0 N–H and O–H groups in total. The van der Waals surface area contributed by atoms with Crippen LogP contribution in [0.15, 0.2) is 42.5 Å². The first-order valence-corrected chi connectivity index (χ1v) is 7.87. The van der Waals surface area contributed by atoms with Gasteiger partial charge in [0, 0.05) is 23.6 Å². The van der Waals surface area contributed by atoms with E-state index in [0.29, 0.717) is 17.6 Å². The lowest BCUT2D eigenvalue weighted by Crippen LogP contribution is -2.18. The number of benzene rings is 2. The fraction of sp³-hybridized carbons (Fsp3) is 0.250. The van der Waals surface area contributed by atoms with E-state index in [9.17, 15) is 10.1 Å². The molecule has 0 aromatic heterocycles. The van der Waals surface area contributed by atoms with Crippen molar-refractivity contribution in [3.63, 3.8) is 0 Å². The number of para-hydroxylation sites is 1. The fourth-order valence-corrected chi connectivity index (χ4v) is 2.71. The monoisotopic (exact) mass is 348 g/mol. The molecule has 5 heteroatoms. The molecule has 2 aromatic carbocycles. The Morgan fingerprint density at radius 3 is 2.48 bits per heavy atom. The quantitative estimate of drug-likeness (QED) is 0.436. The number of nitrogens with zero attached hydrogens (tertiary/aromatic N) is 2. The second-order valence-corrected chi connectivity index (χ2v) is 5.31. The fourth-order valence-electron chi connectivity index (χ4n) is 2.36. The third-order valence-corrected chi connectivity index (χ3v) is 4.05. The molecule has 0 aliphatic heterocycles. The molecule has 0 amide bonds. The molecular formula is C16H17BrN2O2. The van der Waals surface area contributed by atoms with Crippen molar-refractivity contribution in [3.05, 3.63) is 63.7 Å². The summed E-state index contributed by atoms with van der Waals surface area (Å²) in [5, 5.41) is 12.0. The van der Waals surface area contributed by atoms with Crippen LogP contribution in [-0.2, 0) is 5.33 Å². The van der Waals surface area contributed by atoms with Gasteiger partial charge in [0.1, 0.15) is 5.69 Å². The van der Waals surface area contributed by atoms with Gasteiger partial charge in [0.05, 0.1) is 4.92 Å². The molecular weight excluding hydrogens is 332 g/mol. The van der Waals surface area contributed by atoms with Gasteiger partial charge in [0.2, 0.25) is 0 Å². The van der Waals surface area contributed by atoms with Crippen molar-refractivity contribution in [1.29, 1.82) is 0 Å². The summed E-state index contributed by atoms with van der Waals surface area (Å²) in [6.45, 7) is 4.67. The van der Waals surface area contributed by atoms with E-state index in [4.69, 9.17) is 0 Å². The van der Waals surface area contributed by atoms with Gasteiger partial charge < -0.3 is 4.90 Å². The van der Waals surface area contributed by atoms with E-state index in [1.165, 1.54) is 0 Å². The summed E-state index contributed by atoms with van der Waals surface area (Å²) >= 11 is 3.34. The van der Waals surface area contributed by atoms with Crippen LogP contribution in [0.4, 0.5) is 17.1 Å². The molecule has 0 spiro atoms. The van der Waals surface area contributed by atoms with E-state index in [-0.39, 0.29) is 10.6 Å². The predicted octanol–water partition coefficient (Wildman–Crippen LogP) is 4.96. The average Bonchev–Trinajstić information content (AvgIpc) is 2.50. The molecule has 21 heavy (non-hydrogen) atoms. The van der Waals surface area contributed by atoms with Crippen molar-refractivity contribution in [3.8, 4) is 0 Å². The Labute approximate surface area is 132 Å². The van der Waals surface area contributed by atoms with Crippen LogP contribution in [0.25, 0.3) is 0 Å². The molecule has 0 atom stereocenters. The Kier molecular flexibility index (Phi) is 4.96. The van der Waals surface area contributed by atoms with Crippen molar-refractivity contribution in [1.82, 2.24) is 0 Å². The molecule has 4 nitrogen and oxygen atoms in total. The minimum Gasteiger partial charge on any atom is -0.336 e. The Bertz CT molecular complexity index is 658. The van der Waals surface area contributed by atoms with Gasteiger partial charge in [-0.05, 0) is 37.1 Å². The Morgan fingerprint density at radius 1 is 1.19 bits per heavy atom. The molecule has 0 saturated carbocycles. The summed E-state index contributed by atoms with van der Waals surface area (Å²) in [7, 11) is 0. The first kappa shape index (κ1) is 15.5. The minimum atomic E-state index is -0.317. The molecule has 110 valence electrons. The second-order valence-electron chi connectivity index (χ2n) is 4.74. The van der Waals surface area contributed by atoms with Gasteiger partial charge in [0.25, 0.3) is 5.69 Å². The van der Waals surface area contributed by atoms with Gasteiger partial charge in [-0.1, -0.05) is 40.2 Å². The summed E-state index contributed by atoms with van der Waals surface area (Å²) in [5.74, 6) is 0. The number of halogens is 1. The third-order valence-electron chi connectivity index (χ3n) is 3.40. The zero-order valence-corrected chi connectivity index (χ0v) is 13.6. The molecule has 2 aromatic rings. The highest BCUT2D eigenvalue weighted by atomic mass is 79.9. The van der Waals surface area contributed by atoms with Gasteiger partial charge in [-0.15, -0.1) is 0 Å². The van der Waals surface area contributed by atoms with Gasteiger partial charge in [-0.3, -0.25) is 10.1 Å². The lowest BCUT2D eigenvalue weighted by molar-refractivity contribution is -0.384. The molecule has 0 radical (unpaired) electrons. The van der Waals surface area contributed by atoms with E-state index in [0.717, 1.165) is 16.8 Å². The number of nitro groups is 1. The normalized spacial score (nSPS) is 10.4. The van der Waals surface area contributed by atoms with E-state index >= 15 is 0 Å². The number of alkyl halides is 1. The molecule has 0 saturated heterocycles. The Hall–Kier alpha value is -1.88. The zero-order valence-electron chi connectivity index (χ0n) is 12.0. The first-order chi connectivity index (χ1) is 10.1. The van der Waals surface area contributed by atoms with E-state index in [1.807, 2.05) is 55.1 Å². The van der Waals surface area contributed by atoms with Crippen LogP contribution in [0.3, 0.4) is 0 Å². The number of rotatable bonds is 5. The maximum Gasteiger partial charge on any atom is 0.293 e. The average molecular weight is 349 g/mol. The summed E-state index contributed by atoms with van der Waals surface area (Å²) in [5.41, 5.74) is 3.75. The zero-order chi connectivity index (χ0) is 15.4. The summed E-state index contributed by atoms with van der Waals surface area (Å²) in [6, 6.07) is 13.3. The lowest BCUT2D eigenvalue weighted by Gasteiger charge is -2.25. The smallest absolute Gasteiger partial charge is 0.293 e. The standard InChI is InChI=1S/C16H17BrN2O2/c1-3-18(14-7-5-4-6-12(14)2)15-9-8-13(11-17)10-16(15)19(20)21/h4-10H,3,11H2,1-2H3. The molecule has 0 bridgehead atoms. The summed E-state index contributed by atoms with van der Waals surface area (Å²) < 4.78 is 0. The maximum absolute atomic E-state index is 11.4. The van der Waals surface area contributed by atoms with Crippen LogP contribution < -0.4 is 4.90 Å². The maximum atomic E-state index is 11.4. The Balaban J connectivity index is 2.57. The van der Waals surface area contributed by atoms with Gasteiger partial charge in [-0.2, -0.15) is 0 Å². The molecule has 2 rings (SSSR count). The molecule has 0 aliphatic rings. The third kappa shape index (κ3) is 3.24. The van der Waals surface area contributed by atoms with E-state index < -0.39 is 0 Å². The van der Waals surface area contributed by atoms with Crippen LogP contribution in [0.5, 0.6) is 0 Å². The number of nitro benzene ring substituents is 1. The van der Waals surface area contributed by atoms with Crippen molar-refractivity contribution >= 4 is 33.0 Å². The number of anilines is 2. The van der Waals surface area contributed by atoms with E-state index in [2.05, 4.69) is 15.9 Å². The number of hydrogen-bond donors (Lipinski definition) is 0. The summed E-state index contributed by atoms with van der Waals surface area (Å²) in [6.07, 6.45) is 0. The number of hydrogen-bond acceptors (Lipinski definition) is 3. The molecule has 0 unspecified atom stereocenters. The minimum absolute atomic E-state index is 0.136. The van der Waals surface area contributed by atoms with Crippen molar-refractivity contribution in [2.45, 2.75) is 19.2 Å². The predicted molar refractivity (Wildman–Crippen MR) is 89.6 cm³/mol. The topological polar surface area (TPSA) is 46.4 Å². The van der Waals surface area contributed by atoms with Crippen LogP contribution in [0.1, 0.15) is 18.1 Å².